The molecule has 2 aliphatic rings. The van der Waals surface area contributed by atoms with E-state index < -0.39 is 0 Å². The van der Waals surface area contributed by atoms with Crippen LogP contribution in [0.2, 0.25) is 0 Å². The van der Waals surface area contributed by atoms with Gasteiger partial charge in [0.1, 0.15) is 0 Å². The van der Waals surface area contributed by atoms with E-state index >= 15 is 0 Å². The van der Waals surface area contributed by atoms with E-state index in [0.29, 0.717) is 5.41 Å². The minimum Gasteiger partial charge on any atom is -0.0622 e. The van der Waals surface area contributed by atoms with Crippen LogP contribution in [0, 0.1) is 11.8 Å². The number of rotatable bonds is 1. The molecule has 0 aliphatic heterocycles. The first-order chi connectivity index (χ1) is 8.28. The Morgan fingerprint density at radius 3 is 2.41 bits per heavy atom. The van der Waals surface area contributed by atoms with Crippen LogP contribution in [0.25, 0.3) is 0 Å². The highest BCUT2D eigenvalue weighted by Gasteiger charge is 2.39. The summed E-state index contributed by atoms with van der Waals surface area (Å²) in [6.07, 6.45) is 10.3. The van der Waals surface area contributed by atoms with Crippen LogP contribution in [0.3, 0.4) is 0 Å². The van der Waals surface area contributed by atoms with Crippen LogP contribution in [0.1, 0.15) is 57.4 Å². The van der Waals surface area contributed by atoms with E-state index in [4.69, 9.17) is 0 Å². The predicted octanol–water partition coefficient (Wildman–Crippen LogP) is 4.93. The van der Waals surface area contributed by atoms with Crippen molar-refractivity contribution in [1.29, 1.82) is 0 Å². The van der Waals surface area contributed by atoms with E-state index in [1.165, 1.54) is 44.9 Å². The molecule has 3 atom stereocenters. The van der Waals surface area contributed by atoms with Crippen LogP contribution in [0.4, 0.5) is 0 Å². The lowest BCUT2D eigenvalue weighted by atomic mass is 9.60. The van der Waals surface area contributed by atoms with Gasteiger partial charge >= 0.3 is 0 Å². The van der Waals surface area contributed by atoms with Gasteiger partial charge in [-0.15, -0.1) is 0 Å². The molecule has 0 heteroatoms. The van der Waals surface area contributed by atoms with E-state index in [2.05, 4.69) is 37.3 Å². The third-order valence-corrected chi connectivity index (χ3v) is 5.32. The Kier molecular flexibility index (Phi) is 2.98. The summed E-state index contributed by atoms with van der Waals surface area (Å²) < 4.78 is 0. The molecule has 2 saturated carbocycles. The number of benzene rings is 1. The standard InChI is InChI=1S/C17H24/c1-17(16-9-3-2-4-10-16)12-11-14-7-5-6-8-15(14)13-17/h2-4,9-10,14-15H,5-8,11-13H2,1H3. The zero-order chi connectivity index (χ0) is 11.7. The van der Waals surface area contributed by atoms with Gasteiger partial charge in [-0.25, -0.2) is 0 Å². The van der Waals surface area contributed by atoms with Crippen molar-refractivity contribution in [2.45, 2.75) is 57.3 Å². The van der Waals surface area contributed by atoms with Gasteiger partial charge in [-0.2, -0.15) is 0 Å². The minimum absolute atomic E-state index is 0.458. The highest BCUT2D eigenvalue weighted by atomic mass is 14.4. The first-order valence-corrected chi connectivity index (χ1v) is 7.33. The molecule has 0 amide bonds. The normalized spacial score (nSPS) is 37.5. The fourth-order valence-electron chi connectivity index (χ4n) is 4.22. The third-order valence-electron chi connectivity index (χ3n) is 5.32. The van der Waals surface area contributed by atoms with Crippen molar-refractivity contribution < 1.29 is 0 Å². The van der Waals surface area contributed by atoms with E-state index in [1.807, 2.05) is 0 Å². The highest BCUT2D eigenvalue weighted by molar-refractivity contribution is 5.25. The Bertz CT molecular complexity index is 367. The minimum atomic E-state index is 0.458. The molecule has 0 bridgehead atoms. The van der Waals surface area contributed by atoms with Crippen LogP contribution < -0.4 is 0 Å². The summed E-state index contributed by atoms with van der Waals surface area (Å²) in [5, 5.41) is 0. The van der Waals surface area contributed by atoms with Crippen LogP contribution >= 0.6 is 0 Å². The first-order valence-electron chi connectivity index (χ1n) is 7.33. The largest absolute Gasteiger partial charge is 0.0622 e. The van der Waals surface area contributed by atoms with Crippen molar-refractivity contribution in [1.82, 2.24) is 0 Å². The summed E-state index contributed by atoms with van der Waals surface area (Å²) in [7, 11) is 0. The smallest absolute Gasteiger partial charge is 0.00724 e. The molecular formula is C17H24. The second-order valence-corrected chi connectivity index (χ2v) is 6.47. The maximum absolute atomic E-state index is 2.49. The Hall–Kier alpha value is -0.780. The van der Waals surface area contributed by atoms with E-state index in [-0.39, 0.29) is 0 Å². The molecule has 0 aromatic heterocycles. The zero-order valence-electron chi connectivity index (χ0n) is 11.0. The van der Waals surface area contributed by atoms with Crippen LogP contribution in [0.5, 0.6) is 0 Å². The van der Waals surface area contributed by atoms with E-state index in [1.54, 1.807) is 5.56 Å². The lowest BCUT2D eigenvalue weighted by molar-refractivity contribution is 0.116. The average molecular weight is 228 g/mol. The van der Waals surface area contributed by atoms with Crippen molar-refractivity contribution in [3.63, 3.8) is 0 Å². The Labute approximate surface area is 105 Å². The van der Waals surface area contributed by atoms with Gasteiger partial charge in [-0.1, -0.05) is 62.9 Å². The third kappa shape index (κ3) is 2.14. The fraction of sp³-hybridized carbons (Fsp3) is 0.647. The van der Waals surface area contributed by atoms with Gasteiger partial charge < -0.3 is 0 Å². The molecule has 3 unspecified atom stereocenters. The molecule has 0 spiro atoms. The van der Waals surface area contributed by atoms with Gasteiger partial charge in [-0.05, 0) is 42.1 Å². The summed E-state index contributed by atoms with van der Waals surface area (Å²) in [6, 6.07) is 11.2. The molecule has 1 aromatic carbocycles. The van der Waals surface area contributed by atoms with Gasteiger partial charge in [0.15, 0.2) is 0 Å². The lowest BCUT2D eigenvalue weighted by Gasteiger charge is -2.45. The van der Waals surface area contributed by atoms with Crippen molar-refractivity contribution in [2.75, 3.05) is 0 Å². The maximum atomic E-state index is 2.49. The zero-order valence-corrected chi connectivity index (χ0v) is 11.0. The summed E-state index contributed by atoms with van der Waals surface area (Å²) in [6.45, 7) is 2.49. The van der Waals surface area contributed by atoms with E-state index in [0.717, 1.165) is 11.8 Å². The summed E-state index contributed by atoms with van der Waals surface area (Å²) in [5.74, 6) is 2.07. The summed E-state index contributed by atoms with van der Waals surface area (Å²) in [4.78, 5) is 0. The van der Waals surface area contributed by atoms with Gasteiger partial charge in [0.2, 0.25) is 0 Å². The molecule has 0 N–H and O–H groups in total. The fourth-order valence-corrected chi connectivity index (χ4v) is 4.22. The molecule has 0 heterocycles. The molecule has 0 radical (unpaired) electrons. The number of hydrogen-bond acceptors (Lipinski definition) is 0. The van der Waals surface area contributed by atoms with Gasteiger partial charge in [0, 0.05) is 0 Å². The van der Waals surface area contributed by atoms with Gasteiger partial charge in [0.25, 0.3) is 0 Å². The molecule has 1 aromatic rings. The van der Waals surface area contributed by atoms with Crippen molar-refractivity contribution in [3.8, 4) is 0 Å². The molecule has 92 valence electrons. The van der Waals surface area contributed by atoms with Gasteiger partial charge in [-0.3, -0.25) is 0 Å². The number of hydrogen-bond donors (Lipinski definition) is 0. The topological polar surface area (TPSA) is 0 Å². The van der Waals surface area contributed by atoms with Crippen molar-refractivity contribution in [2.24, 2.45) is 11.8 Å². The molecule has 2 fully saturated rings. The maximum Gasteiger partial charge on any atom is -0.00724 e. The van der Waals surface area contributed by atoms with Crippen molar-refractivity contribution >= 4 is 0 Å². The van der Waals surface area contributed by atoms with Crippen LogP contribution in [-0.4, -0.2) is 0 Å². The Balaban J connectivity index is 1.80. The Morgan fingerprint density at radius 1 is 0.941 bits per heavy atom. The molecule has 2 aliphatic carbocycles. The average Bonchev–Trinajstić information content (AvgIpc) is 2.40. The Morgan fingerprint density at radius 2 is 1.65 bits per heavy atom. The second kappa shape index (κ2) is 4.48. The van der Waals surface area contributed by atoms with Crippen molar-refractivity contribution in [3.05, 3.63) is 35.9 Å². The summed E-state index contributed by atoms with van der Waals surface area (Å²) in [5.41, 5.74) is 2.03. The predicted molar refractivity (Wildman–Crippen MR) is 73.1 cm³/mol. The second-order valence-electron chi connectivity index (χ2n) is 6.47. The molecule has 17 heavy (non-hydrogen) atoms. The number of fused-ring (bicyclic) bond motifs is 1. The monoisotopic (exact) mass is 228 g/mol. The van der Waals surface area contributed by atoms with E-state index in [9.17, 15) is 0 Å². The highest BCUT2D eigenvalue weighted by Crippen LogP contribution is 2.49. The van der Waals surface area contributed by atoms with Gasteiger partial charge in [0.05, 0.1) is 0 Å². The molecular weight excluding hydrogens is 204 g/mol. The molecule has 3 rings (SSSR count). The molecule has 0 saturated heterocycles. The lowest BCUT2D eigenvalue weighted by Crippen LogP contribution is -2.36. The van der Waals surface area contributed by atoms with Crippen LogP contribution in [0.15, 0.2) is 30.3 Å². The summed E-state index contributed by atoms with van der Waals surface area (Å²) >= 11 is 0. The quantitative estimate of drug-likeness (QED) is 0.639. The SMILES string of the molecule is CC1(c2ccccc2)CCC2CCCCC2C1. The molecule has 0 nitrogen and oxygen atoms in total. The first kappa shape index (κ1) is 11.3. The van der Waals surface area contributed by atoms with Crippen LogP contribution in [-0.2, 0) is 5.41 Å².